The minimum atomic E-state index is -3.67. The molecule has 1 rings (SSSR count). The van der Waals surface area contributed by atoms with Crippen LogP contribution in [-0.2, 0) is 14.3 Å². The standard InChI is InChI=1S/C12H14O3S/c1-3-4-7-10-15-16(13,14)12-9-6-5-8-11(12)2/h5-6,8-9H,3,10H2,1-2H3. The molecule has 0 amide bonds. The van der Waals surface area contributed by atoms with E-state index in [1.165, 1.54) is 6.07 Å². The molecule has 0 radical (unpaired) electrons. The molecule has 0 spiro atoms. The van der Waals surface area contributed by atoms with E-state index >= 15 is 0 Å². The highest BCUT2D eigenvalue weighted by molar-refractivity contribution is 7.86. The lowest BCUT2D eigenvalue weighted by Gasteiger charge is -2.05. The molecule has 16 heavy (non-hydrogen) atoms. The van der Waals surface area contributed by atoms with E-state index in [4.69, 9.17) is 4.18 Å². The second-order valence-corrected chi connectivity index (χ2v) is 4.77. The highest BCUT2D eigenvalue weighted by atomic mass is 32.2. The molecule has 0 saturated carbocycles. The van der Waals surface area contributed by atoms with Crippen LogP contribution in [0, 0.1) is 18.8 Å². The fourth-order valence-electron chi connectivity index (χ4n) is 1.18. The number of hydrogen-bond acceptors (Lipinski definition) is 3. The molecule has 0 atom stereocenters. The van der Waals surface area contributed by atoms with Crippen LogP contribution >= 0.6 is 0 Å². The number of rotatable bonds is 3. The van der Waals surface area contributed by atoms with Gasteiger partial charge >= 0.3 is 0 Å². The van der Waals surface area contributed by atoms with Crippen molar-refractivity contribution in [1.82, 2.24) is 0 Å². The fraction of sp³-hybridized carbons (Fsp3) is 0.333. The first kappa shape index (κ1) is 12.8. The van der Waals surface area contributed by atoms with Crippen LogP contribution in [0.2, 0.25) is 0 Å². The summed E-state index contributed by atoms with van der Waals surface area (Å²) in [6.07, 6.45) is 0.688. The Hall–Kier alpha value is -1.31. The summed E-state index contributed by atoms with van der Waals surface area (Å²) in [5.41, 5.74) is 0.672. The van der Waals surface area contributed by atoms with Crippen LogP contribution in [-0.4, -0.2) is 15.0 Å². The minimum Gasteiger partial charge on any atom is -0.253 e. The Morgan fingerprint density at radius 2 is 1.94 bits per heavy atom. The quantitative estimate of drug-likeness (QED) is 0.598. The summed E-state index contributed by atoms with van der Waals surface area (Å²) in [4.78, 5) is 0.202. The first-order valence-corrected chi connectivity index (χ1v) is 6.39. The molecule has 86 valence electrons. The molecule has 0 unspecified atom stereocenters. The van der Waals surface area contributed by atoms with Crippen molar-refractivity contribution in [3.8, 4) is 11.8 Å². The van der Waals surface area contributed by atoms with E-state index in [1.54, 1.807) is 25.1 Å². The molecule has 0 aliphatic heterocycles. The minimum absolute atomic E-state index is 0.0928. The van der Waals surface area contributed by atoms with Crippen molar-refractivity contribution in [3.63, 3.8) is 0 Å². The summed E-state index contributed by atoms with van der Waals surface area (Å²) in [6.45, 7) is 3.53. The summed E-state index contributed by atoms with van der Waals surface area (Å²) in [7, 11) is -3.67. The lowest BCUT2D eigenvalue weighted by Crippen LogP contribution is -2.08. The highest BCUT2D eigenvalue weighted by Crippen LogP contribution is 2.16. The molecule has 0 saturated heterocycles. The van der Waals surface area contributed by atoms with Crippen molar-refractivity contribution < 1.29 is 12.6 Å². The van der Waals surface area contributed by atoms with Crippen molar-refractivity contribution in [3.05, 3.63) is 29.8 Å². The van der Waals surface area contributed by atoms with Crippen molar-refractivity contribution in [2.24, 2.45) is 0 Å². The largest absolute Gasteiger partial charge is 0.298 e. The maximum Gasteiger partial charge on any atom is 0.298 e. The van der Waals surface area contributed by atoms with Gasteiger partial charge in [-0.05, 0) is 18.6 Å². The van der Waals surface area contributed by atoms with Gasteiger partial charge in [0.1, 0.15) is 6.61 Å². The SMILES string of the molecule is CCC#CCOS(=O)(=O)c1ccccc1C. The molecule has 0 N–H and O–H groups in total. The number of aryl methyl sites for hydroxylation is 1. The van der Waals surface area contributed by atoms with Gasteiger partial charge in [0.15, 0.2) is 0 Å². The molecular weight excluding hydrogens is 224 g/mol. The Bertz CT molecular complexity index is 507. The third kappa shape index (κ3) is 3.37. The van der Waals surface area contributed by atoms with Gasteiger partial charge in [-0.25, -0.2) is 0 Å². The topological polar surface area (TPSA) is 43.4 Å². The first-order chi connectivity index (χ1) is 7.58. The van der Waals surface area contributed by atoms with Gasteiger partial charge in [0.2, 0.25) is 0 Å². The summed E-state index contributed by atoms with van der Waals surface area (Å²) in [5.74, 6) is 5.38. The fourth-order valence-corrected chi connectivity index (χ4v) is 2.23. The molecule has 1 aromatic carbocycles. The third-order valence-corrected chi connectivity index (χ3v) is 3.38. The molecule has 0 aliphatic carbocycles. The highest BCUT2D eigenvalue weighted by Gasteiger charge is 2.16. The van der Waals surface area contributed by atoms with Crippen molar-refractivity contribution in [1.29, 1.82) is 0 Å². The molecule has 0 fully saturated rings. The summed E-state index contributed by atoms with van der Waals surface area (Å²) in [6, 6.07) is 6.71. The van der Waals surface area contributed by atoms with E-state index in [2.05, 4.69) is 11.8 Å². The van der Waals surface area contributed by atoms with Crippen LogP contribution in [0.5, 0.6) is 0 Å². The smallest absolute Gasteiger partial charge is 0.253 e. The second kappa shape index (κ2) is 5.69. The van der Waals surface area contributed by atoms with Crippen molar-refractivity contribution in [2.45, 2.75) is 25.2 Å². The van der Waals surface area contributed by atoms with Crippen LogP contribution in [0.15, 0.2) is 29.2 Å². The molecule has 0 aliphatic rings. The summed E-state index contributed by atoms with van der Waals surface area (Å²) >= 11 is 0. The monoisotopic (exact) mass is 238 g/mol. The molecule has 0 aromatic heterocycles. The maximum absolute atomic E-state index is 11.7. The molecule has 0 bridgehead atoms. The zero-order valence-corrected chi connectivity index (χ0v) is 10.2. The Morgan fingerprint density at radius 1 is 1.25 bits per heavy atom. The van der Waals surface area contributed by atoms with Crippen LogP contribution in [0.1, 0.15) is 18.9 Å². The Balaban J connectivity index is 2.83. The van der Waals surface area contributed by atoms with Gasteiger partial charge in [-0.1, -0.05) is 31.0 Å². The second-order valence-electron chi connectivity index (χ2n) is 3.19. The predicted molar refractivity (Wildman–Crippen MR) is 62.4 cm³/mol. The Labute approximate surface area is 96.6 Å². The lowest BCUT2D eigenvalue weighted by molar-refractivity contribution is 0.362. The third-order valence-electron chi connectivity index (χ3n) is 1.95. The number of benzene rings is 1. The number of hydrogen-bond donors (Lipinski definition) is 0. The van der Waals surface area contributed by atoms with Gasteiger partial charge in [0, 0.05) is 6.42 Å². The van der Waals surface area contributed by atoms with Crippen LogP contribution in [0.25, 0.3) is 0 Å². The molecule has 4 heteroatoms. The average Bonchev–Trinajstić information content (AvgIpc) is 2.25. The van der Waals surface area contributed by atoms with E-state index in [0.717, 1.165) is 0 Å². The van der Waals surface area contributed by atoms with Crippen LogP contribution in [0.4, 0.5) is 0 Å². The first-order valence-electron chi connectivity index (χ1n) is 4.98. The lowest BCUT2D eigenvalue weighted by atomic mass is 10.2. The van der Waals surface area contributed by atoms with Gasteiger partial charge in [-0.3, -0.25) is 4.18 Å². The van der Waals surface area contributed by atoms with E-state index in [0.29, 0.717) is 12.0 Å². The van der Waals surface area contributed by atoms with Gasteiger partial charge in [-0.15, -0.1) is 5.92 Å². The summed E-state index contributed by atoms with van der Waals surface area (Å²) in [5, 5.41) is 0. The van der Waals surface area contributed by atoms with E-state index < -0.39 is 10.1 Å². The Kier molecular flexibility index (Phi) is 4.53. The zero-order chi connectivity index (χ0) is 12.0. The van der Waals surface area contributed by atoms with Crippen molar-refractivity contribution >= 4 is 10.1 Å². The van der Waals surface area contributed by atoms with E-state index in [9.17, 15) is 8.42 Å². The molecule has 3 nitrogen and oxygen atoms in total. The van der Waals surface area contributed by atoms with Gasteiger partial charge < -0.3 is 0 Å². The van der Waals surface area contributed by atoms with Crippen LogP contribution in [0.3, 0.4) is 0 Å². The van der Waals surface area contributed by atoms with Crippen LogP contribution < -0.4 is 0 Å². The predicted octanol–water partition coefficient (Wildman–Crippen LogP) is 2.11. The van der Waals surface area contributed by atoms with Gasteiger partial charge in [0.25, 0.3) is 10.1 Å². The summed E-state index contributed by atoms with van der Waals surface area (Å²) < 4.78 is 28.2. The maximum atomic E-state index is 11.7. The normalized spacial score (nSPS) is 10.6. The molecule has 1 aromatic rings. The zero-order valence-electron chi connectivity index (χ0n) is 9.36. The van der Waals surface area contributed by atoms with E-state index in [1.807, 2.05) is 6.92 Å². The molecular formula is C12H14O3S. The van der Waals surface area contributed by atoms with E-state index in [-0.39, 0.29) is 11.5 Å². The van der Waals surface area contributed by atoms with Gasteiger partial charge in [-0.2, -0.15) is 8.42 Å². The average molecular weight is 238 g/mol. The van der Waals surface area contributed by atoms with Gasteiger partial charge in [0.05, 0.1) is 4.90 Å². The van der Waals surface area contributed by atoms with Crippen molar-refractivity contribution in [2.75, 3.05) is 6.61 Å². The molecule has 0 heterocycles. The Morgan fingerprint density at radius 3 is 2.56 bits per heavy atom.